The Balaban J connectivity index is 3.52. The smallest absolute Gasteiger partial charge is 0.305 e. The molecule has 0 bridgehead atoms. The van der Waals surface area contributed by atoms with Gasteiger partial charge in [0.25, 0.3) is 0 Å². The molecule has 21 heavy (non-hydrogen) atoms. The Hall–Kier alpha value is -0.520. The van der Waals surface area contributed by atoms with E-state index in [4.69, 9.17) is 37.4 Å². The molecule has 124 valence electrons. The molecule has 0 aromatic rings. The summed E-state index contributed by atoms with van der Waals surface area (Å²) in [5, 5.41) is 0. The molecule has 0 radical (unpaired) electrons. The second kappa shape index (κ2) is 13.2. The molecule has 0 aliphatic heterocycles. The highest BCUT2D eigenvalue weighted by molar-refractivity contribution is 6.44. The van der Waals surface area contributed by atoms with Crippen molar-refractivity contribution in [1.29, 1.82) is 0 Å². The lowest BCUT2D eigenvalue weighted by molar-refractivity contribution is -0.145. The maximum Gasteiger partial charge on any atom is 0.305 e. The van der Waals surface area contributed by atoms with Crippen molar-refractivity contribution in [2.45, 2.75) is 43.9 Å². The Bertz CT molecular complexity index is 297. The summed E-state index contributed by atoms with van der Waals surface area (Å²) in [4.78, 5) is 22.0. The predicted octanol–water partition coefficient (Wildman–Crippen LogP) is 3.11. The van der Waals surface area contributed by atoms with Crippen LogP contribution in [0.5, 0.6) is 0 Å². The molecule has 0 amide bonds. The van der Waals surface area contributed by atoms with Gasteiger partial charge < -0.3 is 14.2 Å². The molecule has 0 aliphatic carbocycles. The van der Waals surface area contributed by atoms with Gasteiger partial charge in [-0.2, -0.15) is 0 Å². The number of carbonyl (C=O) groups excluding carboxylic acids is 2. The summed E-state index contributed by atoms with van der Waals surface area (Å²) in [5.74, 6) is -0.261. The first kappa shape index (κ1) is 20.5. The molecule has 0 aromatic carbocycles. The monoisotopic (exact) mass is 342 g/mol. The van der Waals surface area contributed by atoms with Crippen LogP contribution < -0.4 is 0 Å². The van der Waals surface area contributed by atoms with Gasteiger partial charge >= 0.3 is 11.9 Å². The van der Waals surface area contributed by atoms with E-state index < -0.39 is 10.8 Å². The van der Waals surface area contributed by atoms with Crippen LogP contribution in [0.4, 0.5) is 0 Å². The average Bonchev–Trinajstić information content (AvgIpc) is 2.42. The molecule has 5 nitrogen and oxygen atoms in total. The van der Waals surface area contributed by atoms with Crippen molar-refractivity contribution in [3.63, 3.8) is 0 Å². The van der Waals surface area contributed by atoms with Gasteiger partial charge in [-0.25, -0.2) is 0 Å². The quantitative estimate of drug-likeness (QED) is 0.402. The molecule has 0 aromatic heterocycles. The zero-order valence-corrected chi connectivity index (χ0v) is 14.1. The molecule has 0 fully saturated rings. The van der Waals surface area contributed by atoms with E-state index in [2.05, 4.69) is 6.92 Å². The lowest BCUT2D eigenvalue weighted by atomic mass is 10.1. The van der Waals surface area contributed by atoms with E-state index in [1.165, 1.54) is 0 Å². The van der Waals surface area contributed by atoms with Gasteiger partial charge in [0.15, 0.2) is 0 Å². The molecule has 0 saturated heterocycles. The van der Waals surface area contributed by atoms with E-state index >= 15 is 0 Å². The summed E-state index contributed by atoms with van der Waals surface area (Å²) in [6.07, 6.45) is 2.50. The van der Waals surface area contributed by atoms with Crippen LogP contribution in [-0.4, -0.2) is 43.7 Å². The van der Waals surface area contributed by atoms with E-state index in [-0.39, 0.29) is 25.4 Å². The first-order chi connectivity index (χ1) is 9.95. The van der Waals surface area contributed by atoms with Crippen LogP contribution in [0.1, 0.15) is 39.0 Å². The van der Waals surface area contributed by atoms with Crippen molar-refractivity contribution in [2.75, 3.05) is 26.9 Å². The van der Waals surface area contributed by atoms with Gasteiger partial charge in [-0.15, -0.1) is 23.2 Å². The number of ether oxygens (including phenoxy) is 3. The van der Waals surface area contributed by atoms with E-state index in [0.717, 1.165) is 12.8 Å². The topological polar surface area (TPSA) is 61.8 Å². The molecular weight excluding hydrogens is 319 g/mol. The van der Waals surface area contributed by atoms with Gasteiger partial charge in [0, 0.05) is 26.6 Å². The predicted molar refractivity (Wildman–Crippen MR) is 81.5 cm³/mol. The van der Waals surface area contributed by atoms with Crippen molar-refractivity contribution in [1.82, 2.24) is 0 Å². The molecule has 0 saturated carbocycles. The molecule has 0 spiro atoms. The Morgan fingerprint density at radius 2 is 1.57 bits per heavy atom. The van der Waals surface area contributed by atoms with Gasteiger partial charge in [-0.05, 0) is 25.2 Å². The van der Waals surface area contributed by atoms with Crippen LogP contribution in [0.2, 0.25) is 0 Å². The summed E-state index contributed by atoms with van der Waals surface area (Å²) in [7, 11) is 1.66. The molecule has 7 heteroatoms. The Morgan fingerprint density at radius 1 is 1.00 bits per heavy atom. The number of rotatable bonds is 12. The van der Waals surface area contributed by atoms with E-state index in [9.17, 15) is 9.59 Å². The normalized spacial score (nSPS) is 12.2. The summed E-state index contributed by atoms with van der Waals surface area (Å²) in [6.45, 7) is 3.16. The van der Waals surface area contributed by atoms with Crippen LogP contribution in [0.25, 0.3) is 0 Å². The maximum atomic E-state index is 11.4. The average molecular weight is 343 g/mol. The third-order valence-corrected chi connectivity index (χ3v) is 3.07. The number of esters is 2. The SMILES string of the molecule is COCCC(C)CCOC(=O)CCCC(=O)OCC(Cl)Cl. The van der Waals surface area contributed by atoms with Gasteiger partial charge in [-0.1, -0.05) is 6.92 Å². The zero-order valence-electron chi connectivity index (χ0n) is 12.6. The van der Waals surface area contributed by atoms with Crippen LogP contribution >= 0.6 is 23.2 Å². The fraction of sp³-hybridized carbons (Fsp3) is 0.857. The highest BCUT2D eigenvalue weighted by Gasteiger charge is 2.09. The highest BCUT2D eigenvalue weighted by Crippen LogP contribution is 2.08. The second-order valence-electron chi connectivity index (χ2n) is 4.82. The summed E-state index contributed by atoms with van der Waals surface area (Å²) in [5.41, 5.74) is 0. The van der Waals surface area contributed by atoms with E-state index in [1.807, 2.05) is 0 Å². The lowest BCUT2D eigenvalue weighted by Crippen LogP contribution is -2.12. The largest absolute Gasteiger partial charge is 0.466 e. The molecule has 0 aliphatic rings. The first-order valence-corrected chi connectivity index (χ1v) is 7.91. The van der Waals surface area contributed by atoms with Crippen LogP contribution in [-0.2, 0) is 23.8 Å². The van der Waals surface area contributed by atoms with Crippen molar-refractivity contribution in [3.05, 3.63) is 0 Å². The molecule has 0 heterocycles. The van der Waals surface area contributed by atoms with Crippen molar-refractivity contribution in [3.8, 4) is 0 Å². The third kappa shape index (κ3) is 14.2. The number of carbonyl (C=O) groups is 2. The van der Waals surface area contributed by atoms with Crippen LogP contribution in [0.15, 0.2) is 0 Å². The molecule has 0 rings (SSSR count). The van der Waals surface area contributed by atoms with Crippen molar-refractivity contribution < 1.29 is 23.8 Å². The molecule has 1 unspecified atom stereocenters. The Labute approximate surface area is 136 Å². The van der Waals surface area contributed by atoms with Crippen LogP contribution in [0, 0.1) is 5.92 Å². The van der Waals surface area contributed by atoms with E-state index in [1.54, 1.807) is 7.11 Å². The first-order valence-electron chi connectivity index (χ1n) is 7.04. The number of halogens is 2. The lowest BCUT2D eigenvalue weighted by Gasteiger charge is -2.11. The summed E-state index contributed by atoms with van der Waals surface area (Å²) in [6, 6.07) is 0. The number of hydrogen-bond acceptors (Lipinski definition) is 5. The fourth-order valence-electron chi connectivity index (χ4n) is 1.51. The second-order valence-corrected chi connectivity index (χ2v) is 6.10. The molecule has 0 N–H and O–H groups in total. The maximum absolute atomic E-state index is 11.4. The summed E-state index contributed by atoms with van der Waals surface area (Å²) >= 11 is 10.9. The van der Waals surface area contributed by atoms with Crippen LogP contribution in [0.3, 0.4) is 0 Å². The van der Waals surface area contributed by atoms with Crippen molar-refractivity contribution in [2.24, 2.45) is 5.92 Å². The zero-order chi connectivity index (χ0) is 16.1. The number of hydrogen-bond donors (Lipinski definition) is 0. The fourth-order valence-corrected chi connectivity index (χ4v) is 1.64. The minimum absolute atomic E-state index is 0.0360. The summed E-state index contributed by atoms with van der Waals surface area (Å²) < 4.78 is 14.8. The van der Waals surface area contributed by atoms with Gasteiger partial charge in [-0.3, -0.25) is 9.59 Å². The third-order valence-electron chi connectivity index (χ3n) is 2.82. The standard InChI is InChI=1S/C14H24Cl2O5/c1-11(6-8-19-2)7-9-20-13(17)4-3-5-14(18)21-10-12(15)16/h11-12H,3-10H2,1-2H3. The van der Waals surface area contributed by atoms with Gasteiger partial charge in [0.1, 0.15) is 11.4 Å². The van der Waals surface area contributed by atoms with Gasteiger partial charge in [0.05, 0.1) is 6.61 Å². The minimum Gasteiger partial charge on any atom is -0.466 e. The Kier molecular flexibility index (Phi) is 12.8. The van der Waals surface area contributed by atoms with Crippen molar-refractivity contribution >= 4 is 35.1 Å². The molecular formula is C14H24Cl2O5. The van der Waals surface area contributed by atoms with E-state index in [0.29, 0.717) is 25.6 Å². The van der Waals surface area contributed by atoms with Gasteiger partial charge in [0.2, 0.25) is 0 Å². The molecule has 1 atom stereocenters. The minimum atomic E-state index is -0.723. The number of methoxy groups -OCH3 is 1. The highest BCUT2D eigenvalue weighted by atomic mass is 35.5. The number of alkyl halides is 2. The Morgan fingerprint density at radius 3 is 2.14 bits per heavy atom.